The molecule has 0 radical (unpaired) electrons. The zero-order chi connectivity index (χ0) is 14.9. The van der Waals surface area contributed by atoms with E-state index in [1.807, 2.05) is 12.1 Å². The van der Waals surface area contributed by atoms with Crippen molar-refractivity contribution in [3.05, 3.63) is 46.7 Å². The molecule has 0 spiro atoms. The molecule has 112 valence electrons. The van der Waals surface area contributed by atoms with Gasteiger partial charge in [-0.3, -0.25) is 0 Å². The van der Waals surface area contributed by atoms with Crippen molar-refractivity contribution in [3.63, 3.8) is 0 Å². The Bertz CT molecular complexity index is 686. The van der Waals surface area contributed by atoms with Gasteiger partial charge in [0.15, 0.2) is 9.84 Å². The van der Waals surface area contributed by atoms with Gasteiger partial charge in [0, 0.05) is 10.6 Å². The Hall–Kier alpha value is -1.33. The molecule has 1 aromatic heterocycles. The monoisotopic (exact) mass is 321 g/mol. The molecule has 1 unspecified atom stereocenters. The lowest BCUT2D eigenvalue weighted by atomic mass is 10.1. The molecule has 1 N–H and O–H groups in total. The lowest BCUT2D eigenvalue weighted by Gasteiger charge is -2.18. The van der Waals surface area contributed by atoms with Crippen molar-refractivity contribution in [1.82, 2.24) is 0 Å². The predicted molar refractivity (Wildman–Crippen MR) is 87.6 cm³/mol. The number of benzene rings is 1. The number of nitrogens with one attached hydrogen (secondary N) is 1. The molecule has 1 aromatic carbocycles. The fourth-order valence-electron chi connectivity index (χ4n) is 2.42. The molecule has 0 amide bonds. The minimum Gasteiger partial charge on any atom is -0.377 e. The SMILES string of the molecule is CCS(=O)(=O)c1ccc(NC(c2cccs2)C2CC2)cc1. The highest BCUT2D eigenvalue weighted by Gasteiger charge is 2.32. The lowest BCUT2D eigenvalue weighted by Crippen LogP contribution is -2.11. The first-order valence-corrected chi connectivity index (χ1v) is 9.76. The van der Waals surface area contributed by atoms with Gasteiger partial charge in [0.2, 0.25) is 0 Å². The third-order valence-corrected chi connectivity index (χ3v) is 6.56. The summed E-state index contributed by atoms with van der Waals surface area (Å²) in [6, 6.07) is 11.7. The van der Waals surface area contributed by atoms with Gasteiger partial charge in [-0.2, -0.15) is 0 Å². The van der Waals surface area contributed by atoms with Crippen LogP contribution >= 0.6 is 11.3 Å². The van der Waals surface area contributed by atoms with Crippen molar-refractivity contribution in [2.24, 2.45) is 5.92 Å². The first-order chi connectivity index (χ1) is 10.1. The molecular formula is C16H19NO2S2. The molecule has 1 fully saturated rings. The summed E-state index contributed by atoms with van der Waals surface area (Å²) < 4.78 is 23.6. The fourth-order valence-corrected chi connectivity index (χ4v) is 4.18. The third-order valence-electron chi connectivity index (χ3n) is 3.86. The molecule has 1 aliphatic carbocycles. The molecule has 0 bridgehead atoms. The molecule has 0 aliphatic heterocycles. The van der Waals surface area contributed by atoms with Gasteiger partial charge in [-0.1, -0.05) is 13.0 Å². The number of hydrogen-bond acceptors (Lipinski definition) is 4. The average Bonchev–Trinajstić information content (AvgIpc) is 3.19. The Balaban J connectivity index is 1.78. The van der Waals surface area contributed by atoms with Gasteiger partial charge >= 0.3 is 0 Å². The summed E-state index contributed by atoms with van der Waals surface area (Å²) in [7, 11) is -3.12. The summed E-state index contributed by atoms with van der Waals surface area (Å²) in [4.78, 5) is 1.75. The van der Waals surface area contributed by atoms with Crippen LogP contribution in [0.2, 0.25) is 0 Å². The largest absolute Gasteiger partial charge is 0.377 e. The Morgan fingerprint density at radius 1 is 1.24 bits per heavy atom. The van der Waals surface area contributed by atoms with Crippen LogP contribution in [0.25, 0.3) is 0 Å². The van der Waals surface area contributed by atoms with Gasteiger partial charge < -0.3 is 5.32 Å². The molecule has 0 saturated heterocycles. The Morgan fingerprint density at radius 2 is 1.95 bits per heavy atom. The molecule has 5 heteroatoms. The molecule has 1 saturated carbocycles. The van der Waals surface area contributed by atoms with Crippen molar-refractivity contribution in [2.75, 3.05) is 11.1 Å². The smallest absolute Gasteiger partial charge is 0.178 e. The van der Waals surface area contributed by atoms with Crippen LogP contribution in [0, 0.1) is 5.92 Å². The number of anilines is 1. The summed E-state index contributed by atoms with van der Waals surface area (Å²) in [6.07, 6.45) is 2.52. The summed E-state index contributed by atoms with van der Waals surface area (Å²) in [6.45, 7) is 1.67. The van der Waals surface area contributed by atoms with E-state index >= 15 is 0 Å². The van der Waals surface area contributed by atoms with Crippen molar-refractivity contribution in [1.29, 1.82) is 0 Å². The van der Waals surface area contributed by atoms with Gasteiger partial charge in [0.25, 0.3) is 0 Å². The molecule has 1 aliphatic rings. The van der Waals surface area contributed by atoms with E-state index in [9.17, 15) is 8.42 Å². The van der Waals surface area contributed by atoms with Crippen LogP contribution in [0.4, 0.5) is 5.69 Å². The van der Waals surface area contributed by atoms with E-state index in [0.29, 0.717) is 16.9 Å². The van der Waals surface area contributed by atoms with Crippen molar-refractivity contribution < 1.29 is 8.42 Å². The van der Waals surface area contributed by atoms with Gasteiger partial charge in [0.1, 0.15) is 0 Å². The van der Waals surface area contributed by atoms with Gasteiger partial charge in [0.05, 0.1) is 16.7 Å². The van der Waals surface area contributed by atoms with E-state index in [2.05, 4.69) is 22.8 Å². The Morgan fingerprint density at radius 3 is 2.48 bits per heavy atom. The van der Waals surface area contributed by atoms with Crippen LogP contribution in [0.3, 0.4) is 0 Å². The van der Waals surface area contributed by atoms with Crippen molar-refractivity contribution in [3.8, 4) is 0 Å². The fraction of sp³-hybridized carbons (Fsp3) is 0.375. The molecule has 3 nitrogen and oxygen atoms in total. The van der Waals surface area contributed by atoms with E-state index in [0.717, 1.165) is 5.69 Å². The van der Waals surface area contributed by atoms with Crippen molar-refractivity contribution >= 4 is 26.9 Å². The van der Waals surface area contributed by atoms with E-state index in [4.69, 9.17) is 0 Å². The molecule has 3 rings (SSSR count). The zero-order valence-electron chi connectivity index (χ0n) is 12.0. The lowest BCUT2D eigenvalue weighted by molar-refractivity contribution is 0.597. The molecule has 1 atom stereocenters. The Labute approximate surface area is 129 Å². The quantitative estimate of drug-likeness (QED) is 0.871. The minimum absolute atomic E-state index is 0.139. The maximum absolute atomic E-state index is 11.8. The van der Waals surface area contributed by atoms with Gasteiger partial charge in [-0.05, 0) is 54.5 Å². The van der Waals surface area contributed by atoms with Crippen LogP contribution in [0.1, 0.15) is 30.7 Å². The Kier molecular flexibility index (Phi) is 4.04. The standard InChI is InChI=1S/C16H19NO2S2/c1-2-21(18,19)14-9-7-13(8-10-14)17-16(12-5-6-12)15-4-3-11-20-15/h3-4,7-12,16-17H,2,5-6H2,1H3. The zero-order valence-corrected chi connectivity index (χ0v) is 13.6. The van der Waals surface area contributed by atoms with E-state index in [-0.39, 0.29) is 5.75 Å². The van der Waals surface area contributed by atoms with Crippen molar-refractivity contribution in [2.45, 2.75) is 30.7 Å². The molecule has 21 heavy (non-hydrogen) atoms. The van der Waals surface area contributed by atoms with Gasteiger partial charge in [-0.15, -0.1) is 11.3 Å². The number of rotatable bonds is 6. The van der Waals surface area contributed by atoms with E-state index in [1.54, 1.807) is 30.4 Å². The van der Waals surface area contributed by atoms with Crippen LogP contribution in [0.15, 0.2) is 46.7 Å². The van der Waals surface area contributed by atoms with Gasteiger partial charge in [-0.25, -0.2) is 8.42 Å². The number of sulfone groups is 1. The molecular weight excluding hydrogens is 302 g/mol. The maximum Gasteiger partial charge on any atom is 0.178 e. The summed E-state index contributed by atoms with van der Waals surface area (Å²) in [5, 5.41) is 5.66. The van der Waals surface area contributed by atoms with Crippen LogP contribution in [0.5, 0.6) is 0 Å². The average molecular weight is 321 g/mol. The number of hydrogen-bond donors (Lipinski definition) is 1. The second-order valence-electron chi connectivity index (χ2n) is 5.40. The highest BCUT2D eigenvalue weighted by molar-refractivity contribution is 7.91. The maximum atomic E-state index is 11.8. The molecule has 2 aromatic rings. The summed E-state index contributed by atoms with van der Waals surface area (Å²) >= 11 is 1.77. The van der Waals surface area contributed by atoms with Crippen LogP contribution in [-0.4, -0.2) is 14.2 Å². The summed E-state index contributed by atoms with van der Waals surface area (Å²) in [5.74, 6) is 0.836. The van der Waals surface area contributed by atoms with E-state index < -0.39 is 9.84 Å². The number of thiophene rings is 1. The highest BCUT2D eigenvalue weighted by Crippen LogP contribution is 2.44. The topological polar surface area (TPSA) is 46.2 Å². The van der Waals surface area contributed by atoms with Crippen LogP contribution in [-0.2, 0) is 9.84 Å². The third kappa shape index (κ3) is 3.30. The second-order valence-corrected chi connectivity index (χ2v) is 8.66. The first kappa shape index (κ1) is 14.6. The highest BCUT2D eigenvalue weighted by atomic mass is 32.2. The second kappa shape index (κ2) is 5.81. The minimum atomic E-state index is -3.12. The predicted octanol–water partition coefficient (Wildman–Crippen LogP) is 4.10. The van der Waals surface area contributed by atoms with Crippen LogP contribution < -0.4 is 5.32 Å². The summed E-state index contributed by atoms with van der Waals surface area (Å²) in [5.41, 5.74) is 0.982. The normalized spacial score (nSPS) is 16.6. The first-order valence-electron chi connectivity index (χ1n) is 7.23. The van der Waals surface area contributed by atoms with E-state index in [1.165, 1.54) is 17.7 Å². The molecule has 1 heterocycles.